The zero-order valence-electron chi connectivity index (χ0n) is 10.3. The molecule has 18 heavy (non-hydrogen) atoms. The maximum Gasteiger partial charge on any atom is 0.181 e. The van der Waals surface area contributed by atoms with E-state index in [0.717, 1.165) is 21.3 Å². The molecule has 0 aliphatic heterocycles. The molecule has 90 valence electrons. The molecule has 0 spiro atoms. The van der Waals surface area contributed by atoms with Crippen molar-refractivity contribution < 1.29 is 0 Å². The molecule has 0 unspecified atom stereocenters. The number of pyridine rings is 1. The van der Waals surface area contributed by atoms with Gasteiger partial charge in [-0.3, -0.25) is 4.98 Å². The lowest BCUT2D eigenvalue weighted by atomic mass is 10.0. The van der Waals surface area contributed by atoms with Crippen molar-refractivity contribution >= 4 is 26.7 Å². The lowest BCUT2D eigenvalue weighted by Gasteiger charge is -2.06. The van der Waals surface area contributed by atoms with Crippen molar-refractivity contribution in [1.29, 1.82) is 0 Å². The van der Waals surface area contributed by atoms with Crippen LogP contribution in [0.3, 0.4) is 0 Å². The smallest absolute Gasteiger partial charge is 0.181 e. The third kappa shape index (κ3) is 1.75. The summed E-state index contributed by atoms with van der Waals surface area (Å²) in [7, 11) is 0. The number of nitrogens with zero attached hydrogens (tertiary/aromatic N) is 2. The molecule has 2 aromatic heterocycles. The van der Waals surface area contributed by atoms with Gasteiger partial charge in [-0.05, 0) is 48.7 Å². The van der Waals surface area contributed by atoms with E-state index in [1.807, 2.05) is 18.5 Å². The standard InChI is InChI=1S/C14H13N3S/c1-8-3-4-16-7-11(8)10-5-9(2)13-12(6-10)18-14(15)17-13/h3-7H,1-2H3,(H2,15,17). The quantitative estimate of drug-likeness (QED) is 0.723. The fraction of sp³-hybridized carbons (Fsp3) is 0.143. The van der Waals surface area contributed by atoms with Crippen LogP contribution < -0.4 is 5.73 Å². The second-order valence-electron chi connectivity index (χ2n) is 4.38. The van der Waals surface area contributed by atoms with Crippen molar-refractivity contribution in [2.24, 2.45) is 0 Å². The molecule has 2 N–H and O–H groups in total. The average molecular weight is 255 g/mol. The molecule has 3 rings (SSSR count). The predicted octanol–water partition coefficient (Wildman–Crippen LogP) is 3.56. The lowest BCUT2D eigenvalue weighted by Crippen LogP contribution is -1.87. The van der Waals surface area contributed by atoms with Crippen molar-refractivity contribution in [2.45, 2.75) is 13.8 Å². The third-order valence-corrected chi connectivity index (χ3v) is 3.88. The topological polar surface area (TPSA) is 51.8 Å². The van der Waals surface area contributed by atoms with Gasteiger partial charge in [-0.15, -0.1) is 0 Å². The summed E-state index contributed by atoms with van der Waals surface area (Å²) in [6.45, 7) is 4.16. The Labute approximate surface area is 109 Å². The first-order valence-electron chi connectivity index (χ1n) is 5.73. The van der Waals surface area contributed by atoms with Gasteiger partial charge in [0, 0.05) is 18.0 Å². The maximum absolute atomic E-state index is 5.77. The molecule has 0 saturated heterocycles. The highest BCUT2D eigenvalue weighted by Gasteiger charge is 2.09. The van der Waals surface area contributed by atoms with Gasteiger partial charge in [0.25, 0.3) is 0 Å². The monoisotopic (exact) mass is 255 g/mol. The molecule has 0 saturated carbocycles. The highest BCUT2D eigenvalue weighted by molar-refractivity contribution is 7.22. The highest BCUT2D eigenvalue weighted by Crippen LogP contribution is 2.32. The number of nitrogens with two attached hydrogens (primary N) is 1. The Kier molecular flexibility index (Phi) is 2.52. The highest BCUT2D eigenvalue weighted by atomic mass is 32.1. The first-order chi connectivity index (χ1) is 8.65. The van der Waals surface area contributed by atoms with Crippen molar-refractivity contribution in [3.63, 3.8) is 0 Å². The number of hydrogen-bond donors (Lipinski definition) is 1. The van der Waals surface area contributed by atoms with E-state index in [1.54, 1.807) is 0 Å². The number of nitrogen functional groups attached to an aromatic ring is 1. The zero-order valence-corrected chi connectivity index (χ0v) is 11.1. The second kappa shape index (κ2) is 4.07. The summed E-state index contributed by atoms with van der Waals surface area (Å²) in [4.78, 5) is 8.55. The molecular formula is C14H13N3S. The van der Waals surface area contributed by atoms with Crippen LogP contribution in [0.1, 0.15) is 11.1 Å². The predicted molar refractivity (Wildman–Crippen MR) is 76.7 cm³/mol. The molecule has 0 radical (unpaired) electrons. The van der Waals surface area contributed by atoms with Gasteiger partial charge in [-0.2, -0.15) is 0 Å². The van der Waals surface area contributed by atoms with Gasteiger partial charge in [-0.1, -0.05) is 11.3 Å². The summed E-state index contributed by atoms with van der Waals surface area (Å²) in [6, 6.07) is 6.31. The molecular weight excluding hydrogens is 242 g/mol. The normalized spacial score (nSPS) is 11.0. The van der Waals surface area contributed by atoms with Crippen LogP contribution in [0.4, 0.5) is 5.13 Å². The Balaban J connectivity index is 2.28. The summed E-state index contributed by atoms with van der Waals surface area (Å²) >= 11 is 1.53. The summed E-state index contributed by atoms with van der Waals surface area (Å²) < 4.78 is 1.13. The lowest BCUT2D eigenvalue weighted by molar-refractivity contribution is 1.28. The van der Waals surface area contributed by atoms with Gasteiger partial charge >= 0.3 is 0 Å². The van der Waals surface area contributed by atoms with E-state index in [4.69, 9.17) is 5.73 Å². The van der Waals surface area contributed by atoms with Gasteiger partial charge < -0.3 is 5.73 Å². The first-order valence-corrected chi connectivity index (χ1v) is 6.54. The van der Waals surface area contributed by atoms with E-state index in [1.165, 1.54) is 22.5 Å². The molecule has 2 heterocycles. The minimum Gasteiger partial charge on any atom is -0.375 e. The Bertz CT molecular complexity index is 731. The van der Waals surface area contributed by atoms with Gasteiger partial charge in [0.05, 0.1) is 10.2 Å². The first kappa shape index (κ1) is 11.2. The van der Waals surface area contributed by atoms with Crippen LogP contribution >= 0.6 is 11.3 Å². The summed E-state index contributed by atoms with van der Waals surface area (Å²) in [5.41, 5.74) is 11.5. The number of benzene rings is 1. The number of thiazole rings is 1. The number of aromatic nitrogens is 2. The van der Waals surface area contributed by atoms with Crippen LogP contribution in [0.5, 0.6) is 0 Å². The maximum atomic E-state index is 5.77. The van der Waals surface area contributed by atoms with Gasteiger partial charge in [-0.25, -0.2) is 4.98 Å². The molecule has 0 aliphatic carbocycles. The number of rotatable bonds is 1. The molecule has 3 nitrogen and oxygen atoms in total. The fourth-order valence-electron chi connectivity index (χ4n) is 2.14. The van der Waals surface area contributed by atoms with E-state index in [-0.39, 0.29) is 0 Å². The third-order valence-electron chi connectivity index (χ3n) is 3.05. The molecule has 4 heteroatoms. The Morgan fingerprint density at radius 2 is 2.00 bits per heavy atom. The van der Waals surface area contributed by atoms with E-state index in [2.05, 4.69) is 35.9 Å². The Morgan fingerprint density at radius 1 is 1.17 bits per heavy atom. The molecule has 0 atom stereocenters. The SMILES string of the molecule is Cc1ccncc1-c1cc(C)c2nc(N)sc2c1. The number of anilines is 1. The van der Waals surface area contributed by atoms with Crippen LogP contribution in [-0.2, 0) is 0 Å². The van der Waals surface area contributed by atoms with Crippen molar-refractivity contribution in [3.05, 3.63) is 41.7 Å². The van der Waals surface area contributed by atoms with Crippen LogP contribution in [0, 0.1) is 13.8 Å². The van der Waals surface area contributed by atoms with Crippen LogP contribution in [0.15, 0.2) is 30.6 Å². The van der Waals surface area contributed by atoms with Crippen LogP contribution in [0.25, 0.3) is 21.3 Å². The van der Waals surface area contributed by atoms with E-state index < -0.39 is 0 Å². The number of fused-ring (bicyclic) bond motifs is 1. The Hall–Kier alpha value is -1.94. The average Bonchev–Trinajstić information content (AvgIpc) is 2.71. The number of hydrogen-bond acceptors (Lipinski definition) is 4. The van der Waals surface area contributed by atoms with Crippen molar-refractivity contribution in [2.75, 3.05) is 5.73 Å². The molecule has 0 aliphatic rings. The van der Waals surface area contributed by atoms with Crippen LogP contribution in [0.2, 0.25) is 0 Å². The minimum atomic E-state index is 0.619. The summed E-state index contributed by atoms with van der Waals surface area (Å²) in [6.07, 6.45) is 3.72. The van der Waals surface area contributed by atoms with E-state index in [0.29, 0.717) is 5.13 Å². The van der Waals surface area contributed by atoms with Crippen molar-refractivity contribution in [3.8, 4) is 11.1 Å². The zero-order chi connectivity index (χ0) is 12.7. The van der Waals surface area contributed by atoms with Crippen LogP contribution in [-0.4, -0.2) is 9.97 Å². The molecule has 0 amide bonds. The second-order valence-corrected chi connectivity index (χ2v) is 5.44. The summed E-state index contributed by atoms with van der Waals surface area (Å²) in [5, 5.41) is 0.619. The van der Waals surface area contributed by atoms with Gasteiger partial charge in [0.1, 0.15) is 0 Å². The van der Waals surface area contributed by atoms with Gasteiger partial charge in [0.2, 0.25) is 0 Å². The van der Waals surface area contributed by atoms with Crippen molar-refractivity contribution in [1.82, 2.24) is 9.97 Å². The molecule has 3 aromatic rings. The summed E-state index contributed by atoms with van der Waals surface area (Å²) in [5.74, 6) is 0. The molecule has 0 fully saturated rings. The molecule has 0 bridgehead atoms. The minimum absolute atomic E-state index is 0.619. The van der Waals surface area contributed by atoms with E-state index >= 15 is 0 Å². The Morgan fingerprint density at radius 3 is 2.78 bits per heavy atom. The van der Waals surface area contributed by atoms with Gasteiger partial charge in [0.15, 0.2) is 5.13 Å². The number of aryl methyl sites for hydroxylation is 2. The largest absolute Gasteiger partial charge is 0.375 e. The fourth-order valence-corrected chi connectivity index (χ4v) is 2.99. The van der Waals surface area contributed by atoms with E-state index in [9.17, 15) is 0 Å². The molecule has 1 aromatic carbocycles.